The molecule has 1 fully saturated rings. The first-order valence-corrected chi connectivity index (χ1v) is 11.2. The Hall–Kier alpha value is -1.28. The lowest BCUT2D eigenvalue weighted by Crippen LogP contribution is -2.38. The maximum Gasteiger partial charge on any atom is 0.255 e. The molecule has 1 heterocycles. The summed E-state index contributed by atoms with van der Waals surface area (Å²) in [5, 5.41) is 6.30. The number of benzene rings is 1. The highest BCUT2D eigenvalue weighted by Gasteiger charge is 2.25. The van der Waals surface area contributed by atoms with Crippen molar-refractivity contribution in [3.05, 3.63) is 39.9 Å². The largest absolute Gasteiger partial charge is 0.491 e. The number of thioether (sulfide) groups is 1. The number of halogens is 1. The minimum Gasteiger partial charge on any atom is -0.491 e. The molecule has 0 unspecified atom stereocenters. The Morgan fingerprint density at radius 2 is 2.19 bits per heavy atom. The number of thiazole rings is 1. The summed E-state index contributed by atoms with van der Waals surface area (Å²) in [4.78, 5) is 17.3. The fraction of sp³-hybridized carbons (Fsp3) is 0.474. The van der Waals surface area contributed by atoms with Gasteiger partial charge in [-0.3, -0.25) is 4.79 Å². The highest BCUT2D eigenvalue weighted by molar-refractivity contribution is 8.01. The number of aryl methyl sites for hydroxylation is 1. The Morgan fingerprint density at radius 3 is 2.85 bits per heavy atom. The average molecular weight is 426 g/mol. The highest BCUT2D eigenvalue weighted by atomic mass is 35.5. The van der Waals surface area contributed by atoms with E-state index >= 15 is 0 Å². The van der Waals surface area contributed by atoms with Gasteiger partial charge < -0.3 is 15.8 Å². The summed E-state index contributed by atoms with van der Waals surface area (Å²) in [6.07, 6.45) is 4.07. The van der Waals surface area contributed by atoms with Crippen LogP contribution in [0.1, 0.15) is 41.7 Å². The van der Waals surface area contributed by atoms with Crippen LogP contribution in [0.5, 0.6) is 5.75 Å². The van der Waals surface area contributed by atoms with Gasteiger partial charge in [0.25, 0.3) is 5.91 Å². The Morgan fingerprint density at radius 1 is 1.41 bits per heavy atom. The standard InChI is InChI=1S/C19H24ClN3O2S2/c1-12-11-26-19(22-12)27-15-5-3-14(4-6-15)23-18(24)16-10-13(20)2-7-17(16)25-9-8-21/h2,7,10-11,14-15H,3-6,8-9,21H2,1H3,(H,23,24). The highest BCUT2D eigenvalue weighted by Crippen LogP contribution is 2.35. The van der Waals surface area contributed by atoms with E-state index in [0.29, 0.717) is 34.7 Å². The third-order valence-electron chi connectivity index (χ3n) is 4.44. The molecule has 1 saturated carbocycles. The minimum absolute atomic E-state index is 0.142. The molecule has 1 amide bonds. The zero-order valence-corrected chi connectivity index (χ0v) is 17.6. The van der Waals surface area contributed by atoms with Crippen LogP contribution >= 0.6 is 34.7 Å². The van der Waals surface area contributed by atoms with Gasteiger partial charge in [-0.25, -0.2) is 4.98 Å². The van der Waals surface area contributed by atoms with Crippen molar-refractivity contribution in [2.75, 3.05) is 13.2 Å². The van der Waals surface area contributed by atoms with Gasteiger partial charge in [0.1, 0.15) is 16.7 Å². The molecule has 0 saturated heterocycles. The van der Waals surface area contributed by atoms with E-state index in [4.69, 9.17) is 22.1 Å². The molecule has 27 heavy (non-hydrogen) atoms. The summed E-state index contributed by atoms with van der Waals surface area (Å²) in [5.41, 5.74) is 7.04. The monoisotopic (exact) mass is 425 g/mol. The van der Waals surface area contributed by atoms with Gasteiger partial charge in [-0.05, 0) is 50.8 Å². The fourth-order valence-electron chi connectivity index (χ4n) is 3.09. The molecule has 3 N–H and O–H groups in total. The SMILES string of the molecule is Cc1csc(SC2CCC(NC(=O)c3cc(Cl)ccc3OCCN)CC2)n1. The summed E-state index contributed by atoms with van der Waals surface area (Å²) in [6, 6.07) is 5.26. The van der Waals surface area contributed by atoms with Crippen molar-refractivity contribution in [3.63, 3.8) is 0 Å². The molecule has 5 nitrogen and oxygen atoms in total. The zero-order chi connectivity index (χ0) is 19.2. The summed E-state index contributed by atoms with van der Waals surface area (Å²) in [7, 11) is 0. The third kappa shape index (κ3) is 5.85. The van der Waals surface area contributed by atoms with Crippen molar-refractivity contribution in [1.29, 1.82) is 0 Å². The van der Waals surface area contributed by atoms with Gasteiger partial charge >= 0.3 is 0 Å². The van der Waals surface area contributed by atoms with Crippen molar-refractivity contribution < 1.29 is 9.53 Å². The number of ether oxygens (including phenoxy) is 1. The summed E-state index contributed by atoms with van der Waals surface area (Å²) in [5.74, 6) is 0.377. The molecule has 1 aliphatic rings. The first kappa shape index (κ1) is 20.5. The third-order valence-corrected chi connectivity index (χ3v) is 7.10. The first-order valence-electron chi connectivity index (χ1n) is 9.07. The second kappa shape index (κ2) is 9.78. The lowest BCUT2D eigenvalue weighted by atomic mass is 9.94. The number of nitrogens with two attached hydrogens (primary N) is 1. The summed E-state index contributed by atoms with van der Waals surface area (Å²) >= 11 is 9.64. The van der Waals surface area contributed by atoms with Gasteiger partial charge in [0.05, 0.1) is 5.56 Å². The maximum absolute atomic E-state index is 12.7. The molecule has 3 rings (SSSR count). The van der Waals surface area contributed by atoms with Gasteiger partial charge in [-0.2, -0.15) is 0 Å². The van der Waals surface area contributed by atoms with Crippen LogP contribution in [0.2, 0.25) is 5.02 Å². The number of hydrogen-bond donors (Lipinski definition) is 2. The van der Waals surface area contributed by atoms with Crippen LogP contribution in [0, 0.1) is 6.92 Å². The smallest absolute Gasteiger partial charge is 0.255 e. The molecule has 1 aromatic carbocycles. The van der Waals surface area contributed by atoms with E-state index in [9.17, 15) is 4.79 Å². The Labute approximate surface area is 173 Å². The van der Waals surface area contributed by atoms with Crippen molar-refractivity contribution in [3.8, 4) is 5.75 Å². The molecular formula is C19H24ClN3O2S2. The first-order chi connectivity index (χ1) is 13.0. The minimum atomic E-state index is -0.142. The Balaban J connectivity index is 1.54. The van der Waals surface area contributed by atoms with E-state index in [1.807, 2.05) is 18.7 Å². The van der Waals surface area contributed by atoms with Crippen LogP contribution in [0.15, 0.2) is 27.9 Å². The van der Waals surface area contributed by atoms with Crippen molar-refractivity contribution in [1.82, 2.24) is 10.3 Å². The Kier molecular flexibility index (Phi) is 7.41. The van der Waals surface area contributed by atoms with E-state index in [1.165, 1.54) is 0 Å². The molecule has 1 aliphatic carbocycles. The molecule has 0 spiro atoms. The van der Waals surface area contributed by atoms with E-state index in [-0.39, 0.29) is 11.9 Å². The van der Waals surface area contributed by atoms with Crippen LogP contribution in [-0.4, -0.2) is 35.3 Å². The maximum atomic E-state index is 12.7. The molecule has 0 radical (unpaired) electrons. The number of carbonyl (C=O) groups is 1. The molecule has 1 aromatic heterocycles. The van der Waals surface area contributed by atoms with Gasteiger partial charge in [0.15, 0.2) is 0 Å². The number of nitrogens with zero attached hydrogens (tertiary/aromatic N) is 1. The van der Waals surface area contributed by atoms with E-state index < -0.39 is 0 Å². The van der Waals surface area contributed by atoms with Crippen LogP contribution in [0.4, 0.5) is 0 Å². The molecular weight excluding hydrogens is 402 g/mol. The van der Waals surface area contributed by atoms with E-state index in [2.05, 4.69) is 15.7 Å². The second-order valence-electron chi connectivity index (χ2n) is 6.60. The number of aromatic nitrogens is 1. The molecule has 0 aliphatic heterocycles. The number of hydrogen-bond acceptors (Lipinski definition) is 6. The number of amides is 1. The van der Waals surface area contributed by atoms with Crippen LogP contribution < -0.4 is 15.8 Å². The summed E-state index contributed by atoms with van der Waals surface area (Å²) < 4.78 is 6.72. The van der Waals surface area contributed by atoms with Crippen LogP contribution in [0.3, 0.4) is 0 Å². The predicted octanol–water partition coefficient (Wildman–Crippen LogP) is 4.28. The fourth-order valence-corrected chi connectivity index (χ4v) is 5.55. The van der Waals surface area contributed by atoms with E-state index in [1.54, 1.807) is 29.5 Å². The van der Waals surface area contributed by atoms with Gasteiger partial charge in [0.2, 0.25) is 0 Å². The molecule has 0 bridgehead atoms. The zero-order valence-electron chi connectivity index (χ0n) is 15.2. The quantitative estimate of drug-likeness (QED) is 0.692. The number of rotatable bonds is 7. The molecule has 146 valence electrons. The number of carbonyl (C=O) groups excluding carboxylic acids is 1. The Bertz CT molecular complexity index is 776. The number of nitrogens with one attached hydrogen (secondary N) is 1. The van der Waals surface area contributed by atoms with Crippen LogP contribution in [0.25, 0.3) is 0 Å². The summed E-state index contributed by atoms with van der Waals surface area (Å²) in [6.45, 7) is 2.78. The average Bonchev–Trinajstić information content (AvgIpc) is 3.07. The molecule has 2 aromatic rings. The lowest BCUT2D eigenvalue weighted by molar-refractivity contribution is 0.0924. The second-order valence-corrected chi connectivity index (χ2v) is 9.44. The van der Waals surface area contributed by atoms with Crippen molar-refractivity contribution in [2.45, 2.75) is 48.2 Å². The lowest BCUT2D eigenvalue weighted by Gasteiger charge is -2.28. The predicted molar refractivity (Wildman–Crippen MR) is 112 cm³/mol. The normalized spacial score (nSPS) is 19.7. The molecule has 8 heteroatoms. The van der Waals surface area contributed by atoms with E-state index in [0.717, 1.165) is 35.7 Å². The van der Waals surface area contributed by atoms with Crippen LogP contribution in [-0.2, 0) is 0 Å². The van der Waals surface area contributed by atoms with Crippen molar-refractivity contribution >= 4 is 40.6 Å². The van der Waals surface area contributed by atoms with Crippen molar-refractivity contribution in [2.24, 2.45) is 5.73 Å². The van der Waals surface area contributed by atoms with Gasteiger partial charge in [-0.15, -0.1) is 11.3 Å². The van der Waals surface area contributed by atoms with Gasteiger partial charge in [-0.1, -0.05) is 23.4 Å². The topological polar surface area (TPSA) is 77.2 Å². The molecule has 0 atom stereocenters. The van der Waals surface area contributed by atoms with Gasteiger partial charge in [0, 0.05) is 33.9 Å².